The second-order valence-corrected chi connectivity index (χ2v) is 4.08. The first-order chi connectivity index (χ1) is 7.18. The van der Waals surface area contributed by atoms with E-state index < -0.39 is 5.97 Å². The molecular formula is C12H15NO2. The molecule has 1 aliphatic rings. The lowest BCUT2D eigenvalue weighted by Crippen LogP contribution is -2.23. The van der Waals surface area contributed by atoms with Crippen LogP contribution in [0.3, 0.4) is 0 Å². The number of benzene rings is 1. The molecule has 0 aromatic heterocycles. The van der Waals surface area contributed by atoms with Gasteiger partial charge in [-0.05, 0) is 25.5 Å². The molecule has 1 aliphatic heterocycles. The Labute approximate surface area is 89.1 Å². The van der Waals surface area contributed by atoms with E-state index in [1.54, 1.807) is 0 Å². The molecule has 1 fully saturated rings. The third-order valence-electron chi connectivity index (χ3n) is 2.94. The number of aliphatic carboxylic acids is 1. The fourth-order valence-corrected chi connectivity index (χ4v) is 2.18. The average Bonchev–Trinajstić information content (AvgIpc) is 2.65. The quantitative estimate of drug-likeness (QED) is 0.773. The van der Waals surface area contributed by atoms with Crippen LogP contribution in [-0.2, 0) is 4.79 Å². The maximum Gasteiger partial charge on any atom is 0.308 e. The van der Waals surface area contributed by atoms with Crippen LogP contribution < -0.4 is 5.32 Å². The average molecular weight is 205 g/mol. The van der Waals surface area contributed by atoms with Gasteiger partial charge in [-0.2, -0.15) is 0 Å². The molecule has 0 amide bonds. The lowest BCUT2D eigenvalue weighted by atomic mass is 9.93. The van der Waals surface area contributed by atoms with E-state index in [1.165, 1.54) is 5.56 Å². The van der Waals surface area contributed by atoms with Gasteiger partial charge in [0.05, 0.1) is 5.92 Å². The highest BCUT2D eigenvalue weighted by atomic mass is 16.4. The molecule has 0 aliphatic carbocycles. The minimum Gasteiger partial charge on any atom is -0.481 e. The second kappa shape index (κ2) is 4.03. The van der Waals surface area contributed by atoms with Gasteiger partial charge in [-0.1, -0.05) is 29.8 Å². The molecule has 1 saturated heterocycles. The van der Waals surface area contributed by atoms with Gasteiger partial charge in [-0.25, -0.2) is 0 Å². The highest BCUT2D eigenvalue weighted by Crippen LogP contribution is 2.29. The summed E-state index contributed by atoms with van der Waals surface area (Å²) in [5.41, 5.74) is 2.25. The van der Waals surface area contributed by atoms with Crippen LogP contribution in [0.4, 0.5) is 0 Å². The standard InChI is InChI=1S/C12H15NO2/c1-8-3-2-4-9(7-8)11-10(12(14)15)5-6-13-11/h2-4,7,10-11,13H,5-6H2,1H3,(H,14,15)/t10-,11+/m0/s1. The Morgan fingerprint density at radius 2 is 2.33 bits per heavy atom. The largest absolute Gasteiger partial charge is 0.481 e. The molecule has 0 saturated carbocycles. The fourth-order valence-electron chi connectivity index (χ4n) is 2.18. The Balaban J connectivity index is 2.26. The molecule has 80 valence electrons. The summed E-state index contributed by atoms with van der Waals surface area (Å²) in [5.74, 6) is -0.988. The van der Waals surface area contributed by atoms with Crippen LogP contribution >= 0.6 is 0 Å². The lowest BCUT2D eigenvalue weighted by Gasteiger charge is -2.16. The number of hydrogen-bond donors (Lipinski definition) is 2. The molecule has 3 nitrogen and oxygen atoms in total. The molecular weight excluding hydrogens is 190 g/mol. The molecule has 0 radical (unpaired) electrons. The fraction of sp³-hybridized carbons (Fsp3) is 0.417. The van der Waals surface area contributed by atoms with Gasteiger partial charge in [-0.15, -0.1) is 0 Å². The maximum absolute atomic E-state index is 11.0. The normalized spacial score (nSPS) is 25.4. The van der Waals surface area contributed by atoms with Gasteiger partial charge >= 0.3 is 5.97 Å². The Morgan fingerprint density at radius 1 is 1.53 bits per heavy atom. The number of rotatable bonds is 2. The van der Waals surface area contributed by atoms with Crippen molar-refractivity contribution < 1.29 is 9.90 Å². The molecule has 1 aromatic rings. The predicted octanol–water partition coefficient (Wildman–Crippen LogP) is 1.73. The van der Waals surface area contributed by atoms with Crippen molar-refractivity contribution in [1.82, 2.24) is 5.32 Å². The van der Waals surface area contributed by atoms with Crippen LogP contribution in [0, 0.1) is 12.8 Å². The van der Waals surface area contributed by atoms with E-state index in [4.69, 9.17) is 5.11 Å². The van der Waals surface area contributed by atoms with Crippen LogP contribution in [0.25, 0.3) is 0 Å². The molecule has 1 heterocycles. The van der Waals surface area contributed by atoms with E-state index in [2.05, 4.69) is 11.4 Å². The van der Waals surface area contributed by atoms with E-state index in [9.17, 15) is 4.79 Å². The van der Waals surface area contributed by atoms with Gasteiger partial charge < -0.3 is 10.4 Å². The molecule has 0 bridgehead atoms. The summed E-state index contributed by atoms with van der Waals surface area (Å²) < 4.78 is 0. The van der Waals surface area contributed by atoms with E-state index in [-0.39, 0.29) is 12.0 Å². The number of nitrogens with one attached hydrogen (secondary N) is 1. The molecule has 3 heteroatoms. The van der Waals surface area contributed by atoms with Crippen LogP contribution in [0.2, 0.25) is 0 Å². The van der Waals surface area contributed by atoms with Crippen LogP contribution in [-0.4, -0.2) is 17.6 Å². The summed E-state index contributed by atoms with van der Waals surface area (Å²) in [6.07, 6.45) is 0.716. The zero-order chi connectivity index (χ0) is 10.8. The van der Waals surface area contributed by atoms with Crippen molar-refractivity contribution in [2.24, 2.45) is 5.92 Å². The number of carbonyl (C=O) groups is 1. The Morgan fingerprint density at radius 3 is 3.00 bits per heavy atom. The minimum absolute atomic E-state index is 0.0256. The third kappa shape index (κ3) is 2.02. The number of carboxylic acids is 1. The van der Waals surface area contributed by atoms with Crippen molar-refractivity contribution in [2.75, 3.05) is 6.54 Å². The molecule has 2 rings (SSSR count). The van der Waals surface area contributed by atoms with E-state index >= 15 is 0 Å². The summed E-state index contributed by atoms with van der Waals surface area (Å²) >= 11 is 0. The molecule has 1 aromatic carbocycles. The molecule has 0 unspecified atom stereocenters. The van der Waals surface area contributed by atoms with Crippen molar-refractivity contribution >= 4 is 5.97 Å². The van der Waals surface area contributed by atoms with Gasteiger partial charge in [0.1, 0.15) is 0 Å². The van der Waals surface area contributed by atoms with Gasteiger partial charge in [0.2, 0.25) is 0 Å². The molecule has 15 heavy (non-hydrogen) atoms. The SMILES string of the molecule is Cc1cccc([C@H]2NCC[C@@H]2C(=O)O)c1. The first-order valence-corrected chi connectivity index (χ1v) is 5.21. The molecule has 2 N–H and O–H groups in total. The molecule has 0 spiro atoms. The first kappa shape index (κ1) is 10.2. The minimum atomic E-state index is -0.702. The van der Waals surface area contributed by atoms with Gasteiger partial charge in [0, 0.05) is 6.04 Å². The monoisotopic (exact) mass is 205 g/mol. The summed E-state index contributed by atoms with van der Waals surface area (Å²) in [6, 6.07) is 8.02. The Kier molecular flexibility index (Phi) is 2.73. The topological polar surface area (TPSA) is 49.3 Å². The van der Waals surface area contributed by atoms with Crippen LogP contribution in [0.5, 0.6) is 0 Å². The first-order valence-electron chi connectivity index (χ1n) is 5.21. The van der Waals surface area contributed by atoms with Gasteiger partial charge in [0.25, 0.3) is 0 Å². The van der Waals surface area contributed by atoms with Crippen molar-refractivity contribution in [3.8, 4) is 0 Å². The maximum atomic E-state index is 11.0. The Bertz CT molecular complexity index is 376. The lowest BCUT2D eigenvalue weighted by molar-refractivity contribution is -0.142. The second-order valence-electron chi connectivity index (χ2n) is 4.08. The highest BCUT2D eigenvalue weighted by Gasteiger charge is 2.33. The number of carboxylic acid groups (broad SMARTS) is 1. The van der Waals surface area contributed by atoms with Crippen molar-refractivity contribution in [3.63, 3.8) is 0 Å². The summed E-state index contributed by atoms with van der Waals surface area (Å²) in [5, 5.41) is 12.3. The smallest absolute Gasteiger partial charge is 0.308 e. The van der Waals surface area contributed by atoms with Crippen molar-refractivity contribution in [1.29, 1.82) is 0 Å². The van der Waals surface area contributed by atoms with Gasteiger partial charge in [0.15, 0.2) is 0 Å². The number of hydrogen-bond acceptors (Lipinski definition) is 2. The van der Waals surface area contributed by atoms with Crippen LogP contribution in [0.15, 0.2) is 24.3 Å². The van der Waals surface area contributed by atoms with E-state index in [0.717, 1.165) is 12.1 Å². The van der Waals surface area contributed by atoms with Gasteiger partial charge in [-0.3, -0.25) is 4.79 Å². The predicted molar refractivity (Wildman–Crippen MR) is 57.7 cm³/mol. The van der Waals surface area contributed by atoms with E-state index in [0.29, 0.717) is 6.42 Å². The highest BCUT2D eigenvalue weighted by molar-refractivity contribution is 5.71. The Hall–Kier alpha value is -1.35. The van der Waals surface area contributed by atoms with E-state index in [1.807, 2.05) is 25.1 Å². The van der Waals surface area contributed by atoms with Crippen molar-refractivity contribution in [3.05, 3.63) is 35.4 Å². The van der Waals surface area contributed by atoms with Crippen LogP contribution in [0.1, 0.15) is 23.6 Å². The summed E-state index contributed by atoms with van der Waals surface area (Å²) in [7, 11) is 0. The van der Waals surface area contributed by atoms with Crippen molar-refractivity contribution in [2.45, 2.75) is 19.4 Å². The summed E-state index contributed by atoms with van der Waals surface area (Å²) in [6.45, 7) is 2.81. The number of aryl methyl sites for hydroxylation is 1. The zero-order valence-electron chi connectivity index (χ0n) is 8.73. The molecule has 2 atom stereocenters. The summed E-state index contributed by atoms with van der Waals surface area (Å²) in [4.78, 5) is 11.0. The third-order valence-corrected chi connectivity index (χ3v) is 2.94. The zero-order valence-corrected chi connectivity index (χ0v) is 8.73.